The van der Waals surface area contributed by atoms with Crippen LogP contribution >= 0.6 is 0 Å². The van der Waals surface area contributed by atoms with Crippen LogP contribution in [-0.4, -0.2) is 0 Å². The van der Waals surface area contributed by atoms with E-state index in [1.807, 2.05) is 0 Å². The van der Waals surface area contributed by atoms with Crippen molar-refractivity contribution in [3.8, 4) is 0 Å². The molecular weight excluding hydrogens is 192 g/mol. The van der Waals surface area contributed by atoms with Crippen LogP contribution in [0.15, 0.2) is 24.3 Å². The molecule has 0 aromatic carbocycles. The third-order valence-electron chi connectivity index (χ3n) is 3.32. The van der Waals surface area contributed by atoms with Crippen LogP contribution < -0.4 is 0 Å². The molecule has 2 aliphatic carbocycles. The molecule has 2 rings (SSSR count). The lowest BCUT2D eigenvalue weighted by Gasteiger charge is -2.00. The first kappa shape index (κ1) is 13.5. The summed E-state index contributed by atoms with van der Waals surface area (Å²) in [7, 11) is 0. The summed E-state index contributed by atoms with van der Waals surface area (Å²) in [6.45, 7) is 0. The van der Waals surface area contributed by atoms with Gasteiger partial charge < -0.3 is 0 Å². The highest BCUT2D eigenvalue weighted by atomic mass is 14.0. The van der Waals surface area contributed by atoms with Gasteiger partial charge in [-0.25, -0.2) is 0 Å². The van der Waals surface area contributed by atoms with Gasteiger partial charge in [0.05, 0.1) is 0 Å². The Morgan fingerprint density at radius 3 is 0.812 bits per heavy atom. The van der Waals surface area contributed by atoms with Crippen molar-refractivity contribution in [2.45, 2.75) is 77.0 Å². The van der Waals surface area contributed by atoms with Crippen LogP contribution in [0.3, 0.4) is 0 Å². The molecule has 0 unspecified atom stereocenters. The van der Waals surface area contributed by atoms with Crippen LogP contribution in [0.2, 0.25) is 0 Å². The molecule has 0 aliphatic heterocycles. The summed E-state index contributed by atoms with van der Waals surface area (Å²) in [6.07, 6.45) is 26.0. The summed E-state index contributed by atoms with van der Waals surface area (Å²) in [4.78, 5) is 0. The maximum atomic E-state index is 2.32. The molecule has 0 N–H and O–H groups in total. The molecule has 0 radical (unpaired) electrons. The van der Waals surface area contributed by atoms with Gasteiger partial charge in [0, 0.05) is 0 Å². The molecule has 0 heteroatoms. The maximum Gasteiger partial charge on any atom is -0.0351 e. The Hall–Kier alpha value is -0.520. The molecule has 92 valence electrons. The van der Waals surface area contributed by atoms with E-state index < -0.39 is 0 Å². The second-order valence-electron chi connectivity index (χ2n) is 4.93. The van der Waals surface area contributed by atoms with Crippen molar-refractivity contribution in [1.82, 2.24) is 0 Å². The third kappa shape index (κ3) is 8.76. The Morgan fingerprint density at radius 1 is 0.312 bits per heavy atom. The fourth-order valence-electron chi connectivity index (χ4n) is 2.23. The van der Waals surface area contributed by atoms with E-state index in [1.165, 1.54) is 77.0 Å². The molecule has 0 atom stereocenters. The number of hydrogen-bond donors (Lipinski definition) is 0. The lowest BCUT2D eigenvalue weighted by Crippen LogP contribution is -1.80. The highest BCUT2D eigenvalue weighted by molar-refractivity contribution is 4.83. The van der Waals surface area contributed by atoms with Gasteiger partial charge >= 0.3 is 0 Å². The van der Waals surface area contributed by atoms with Crippen molar-refractivity contribution < 1.29 is 0 Å². The van der Waals surface area contributed by atoms with E-state index in [4.69, 9.17) is 0 Å². The predicted molar refractivity (Wildman–Crippen MR) is 73.7 cm³/mol. The van der Waals surface area contributed by atoms with Crippen LogP contribution in [0.25, 0.3) is 0 Å². The van der Waals surface area contributed by atoms with Gasteiger partial charge in [-0.15, -0.1) is 0 Å². The van der Waals surface area contributed by atoms with Crippen LogP contribution in [0, 0.1) is 0 Å². The average molecular weight is 220 g/mol. The molecule has 0 amide bonds. The molecule has 0 fully saturated rings. The van der Waals surface area contributed by atoms with Gasteiger partial charge in [-0.3, -0.25) is 0 Å². The van der Waals surface area contributed by atoms with Crippen LogP contribution in [-0.2, 0) is 0 Å². The molecule has 16 heavy (non-hydrogen) atoms. The SMILES string of the molecule is C1=C/CCCCCC/1.C1=C/CCCCCC/1. The van der Waals surface area contributed by atoms with Crippen molar-refractivity contribution in [1.29, 1.82) is 0 Å². The molecule has 0 saturated heterocycles. The average Bonchev–Trinajstić information content (AvgIpc) is 2.15. The first-order valence-electron chi connectivity index (χ1n) is 7.30. The topological polar surface area (TPSA) is 0 Å². The molecule has 0 spiro atoms. The van der Waals surface area contributed by atoms with E-state index in [1.54, 1.807) is 0 Å². The van der Waals surface area contributed by atoms with Gasteiger partial charge in [-0.1, -0.05) is 50.0 Å². The largest absolute Gasteiger partial charge is 0.0885 e. The summed E-state index contributed by atoms with van der Waals surface area (Å²) >= 11 is 0. The molecule has 0 aromatic rings. The minimum absolute atomic E-state index is 1.32. The molecule has 0 saturated carbocycles. The standard InChI is InChI=1S/2C8H14/c2*1-2-4-6-8-7-5-3-1/h2*1-2H,3-8H2/b2*2-1+. The first-order chi connectivity index (χ1) is 8.00. The van der Waals surface area contributed by atoms with E-state index >= 15 is 0 Å². The van der Waals surface area contributed by atoms with E-state index in [9.17, 15) is 0 Å². The Bertz CT molecular complexity index is 146. The molecule has 0 bridgehead atoms. The third-order valence-corrected chi connectivity index (χ3v) is 3.32. The van der Waals surface area contributed by atoms with Crippen molar-refractivity contribution in [2.24, 2.45) is 0 Å². The van der Waals surface area contributed by atoms with Gasteiger partial charge in [0.2, 0.25) is 0 Å². The fraction of sp³-hybridized carbons (Fsp3) is 0.750. The highest BCUT2D eigenvalue weighted by Gasteiger charge is 1.90. The lowest BCUT2D eigenvalue weighted by molar-refractivity contribution is 0.638. The van der Waals surface area contributed by atoms with Gasteiger partial charge in [-0.05, 0) is 51.4 Å². The Morgan fingerprint density at radius 2 is 0.562 bits per heavy atom. The molecule has 0 aromatic heterocycles. The smallest absolute Gasteiger partial charge is 0.0351 e. The zero-order valence-electron chi connectivity index (χ0n) is 10.8. The minimum atomic E-state index is 1.32. The summed E-state index contributed by atoms with van der Waals surface area (Å²) in [6, 6.07) is 0. The summed E-state index contributed by atoms with van der Waals surface area (Å²) < 4.78 is 0. The van der Waals surface area contributed by atoms with Crippen molar-refractivity contribution in [3.63, 3.8) is 0 Å². The van der Waals surface area contributed by atoms with Crippen molar-refractivity contribution >= 4 is 0 Å². The van der Waals surface area contributed by atoms with Gasteiger partial charge in [0.1, 0.15) is 0 Å². The van der Waals surface area contributed by atoms with Crippen molar-refractivity contribution in [3.05, 3.63) is 24.3 Å². The lowest BCUT2D eigenvalue weighted by atomic mass is 10.1. The highest BCUT2D eigenvalue weighted by Crippen LogP contribution is 2.10. The number of allylic oxidation sites excluding steroid dienone is 4. The van der Waals surface area contributed by atoms with Gasteiger partial charge in [0.15, 0.2) is 0 Å². The minimum Gasteiger partial charge on any atom is -0.0885 e. The molecule has 0 nitrogen and oxygen atoms in total. The van der Waals surface area contributed by atoms with Crippen LogP contribution in [0.1, 0.15) is 77.0 Å². The van der Waals surface area contributed by atoms with Crippen LogP contribution in [0.5, 0.6) is 0 Å². The second-order valence-corrected chi connectivity index (χ2v) is 4.93. The van der Waals surface area contributed by atoms with Gasteiger partial charge in [0.25, 0.3) is 0 Å². The van der Waals surface area contributed by atoms with E-state index in [-0.39, 0.29) is 0 Å². The summed E-state index contributed by atoms with van der Waals surface area (Å²) in [5, 5.41) is 0. The van der Waals surface area contributed by atoms with Crippen molar-refractivity contribution in [2.75, 3.05) is 0 Å². The second kappa shape index (κ2) is 11.0. The Labute approximate surface area is 102 Å². The zero-order chi connectivity index (χ0) is 11.3. The molecule has 2 aliphatic rings. The maximum absolute atomic E-state index is 2.32. The summed E-state index contributed by atoms with van der Waals surface area (Å²) in [5.41, 5.74) is 0. The quantitative estimate of drug-likeness (QED) is 0.453. The molecular formula is C16H28. The van der Waals surface area contributed by atoms with Gasteiger partial charge in [-0.2, -0.15) is 0 Å². The number of rotatable bonds is 0. The van der Waals surface area contributed by atoms with E-state index in [0.717, 1.165) is 0 Å². The normalized spacial score (nSPS) is 26.0. The zero-order valence-corrected chi connectivity index (χ0v) is 10.8. The monoisotopic (exact) mass is 220 g/mol. The first-order valence-corrected chi connectivity index (χ1v) is 7.30. The van der Waals surface area contributed by atoms with E-state index in [2.05, 4.69) is 24.3 Å². The Balaban J connectivity index is 0.000000160. The predicted octanol–water partition coefficient (Wildman–Crippen LogP) is 5.79. The fourth-order valence-corrected chi connectivity index (χ4v) is 2.23. The van der Waals surface area contributed by atoms with Crippen LogP contribution in [0.4, 0.5) is 0 Å². The number of hydrogen-bond acceptors (Lipinski definition) is 0. The van der Waals surface area contributed by atoms with E-state index in [0.29, 0.717) is 0 Å². The Kier molecular flexibility index (Phi) is 9.30. The molecule has 0 heterocycles. The summed E-state index contributed by atoms with van der Waals surface area (Å²) in [5.74, 6) is 0.